The van der Waals surface area contributed by atoms with Gasteiger partial charge in [0, 0.05) is 25.7 Å². The summed E-state index contributed by atoms with van der Waals surface area (Å²) in [7, 11) is -9.82. The van der Waals surface area contributed by atoms with Crippen molar-refractivity contribution in [2.45, 2.75) is 245 Å². The van der Waals surface area contributed by atoms with Crippen molar-refractivity contribution in [3.8, 4) is 0 Å². The van der Waals surface area contributed by atoms with Gasteiger partial charge in [-0.3, -0.25) is 37.3 Å². The predicted octanol–water partition coefficient (Wildman–Crippen LogP) is 11.7. The number of hydrogen-bond acceptors (Lipinski definition) is 15. The highest BCUT2D eigenvalue weighted by Crippen LogP contribution is 2.45. The number of ether oxygens (including phenoxy) is 4. The van der Waals surface area contributed by atoms with Crippen LogP contribution >= 0.6 is 15.6 Å². The van der Waals surface area contributed by atoms with Crippen LogP contribution in [0.2, 0.25) is 0 Å². The first-order valence-electron chi connectivity index (χ1n) is 25.8. The second kappa shape index (κ2) is 44.0. The molecule has 17 nitrogen and oxygen atoms in total. The highest BCUT2D eigenvalue weighted by atomic mass is 31.2. The van der Waals surface area contributed by atoms with Crippen LogP contribution in [-0.4, -0.2) is 96.7 Å². The van der Waals surface area contributed by atoms with Crippen molar-refractivity contribution in [1.82, 2.24) is 0 Å². The van der Waals surface area contributed by atoms with Crippen LogP contribution in [0.5, 0.6) is 0 Å². The Morgan fingerprint density at radius 1 is 0.358 bits per heavy atom. The van der Waals surface area contributed by atoms with E-state index in [0.717, 1.165) is 103 Å². The Bertz CT molecular complexity index is 1340. The summed E-state index contributed by atoms with van der Waals surface area (Å²) in [6.07, 6.45) is 23.6. The first-order chi connectivity index (χ1) is 32.2. The second-order valence-corrected chi connectivity index (χ2v) is 20.4. The van der Waals surface area contributed by atoms with Gasteiger partial charge in [0.15, 0.2) is 12.2 Å². The average Bonchev–Trinajstić information content (AvgIpc) is 3.29. The Morgan fingerprint density at radius 2 is 0.597 bits per heavy atom. The fraction of sp³-hybridized carbons (Fsp3) is 0.917. The monoisotopic (exact) mass is 1000 g/mol. The van der Waals surface area contributed by atoms with Crippen LogP contribution in [0.15, 0.2) is 0 Å². The molecule has 0 aliphatic heterocycles. The van der Waals surface area contributed by atoms with Gasteiger partial charge in [-0.15, -0.1) is 0 Å². The van der Waals surface area contributed by atoms with E-state index in [-0.39, 0.29) is 25.7 Å². The van der Waals surface area contributed by atoms with E-state index in [1.54, 1.807) is 0 Å². The average molecular weight is 1000 g/mol. The maximum absolute atomic E-state index is 12.8. The van der Waals surface area contributed by atoms with Crippen molar-refractivity contribution in [3.05, 3.63) is 0 Å². The number of aliphatic hydroxyl groups is 1. The number of phosphoric acid groups is 2. The maximum Gasteiger partial charge on any atom is 0.472 e. The number of phosphoric ester groups is 2. The van der Waals surface area contributed by atoms with Gasteiger partial charge in [0.1, 0.15) is 19.3 Å². The molecule has 0 aromatic heterocycles. The molecular formula is C48H92O17P2. The van der Waals surface area contributed by atoms with E-state index in [2.05, 4.69) is 20.8 Å². The Balaban J connectivity index is 5.09. The molecule has 0 heterocycles. The lowest BCUT2D eigenvalue weighted by molar-refractivity contribution is -0.161. The second-order valence-electron chi connectivity index (χ2n) is 17.5. The van der Waals surface area contributed by atoms with E-state index in [9.17, 15) is 43.2 Å². The Labute approximate surface area is 403 Å². The topological polar surface area (TPSA) is 237 Å². The van der Waals surface area contributed by atoms with Gasteiger partial charge < -0.3 is 33.8 Å². The fourth-order valence-electron chi connectivity index (χ4n) is 6.80. The molecule has 0 aliphatic carbocycles. The van der Waals surface area contributed by atoms with Crippen LogP contribution < -0.4 is 0 Å². The third kappa shape index (κ3) is 43.8. The lowest BCUT2D eigenvalue weighted by Gasteiger charge is -2.21. The van der Waals surface area contributed by atoms with Crippen LogP contribution in [0.25, 0.3) is 0 Å². The van der Waals surface area contributed by atoms with Crippen molar-refractivity contribution in [3.63, 3.8) is 0 Å². The third-order valence-corrected chi connectivity index (χ3v) is 12.8. The number of hydrogen-bond donors (Lipinski definition) is 3. The van der Waals surface area contributed by atoms with E-state index in [1.165, 1.54) is 44.9 Å². The quantitative estimate of drug-likeness (QED) is 0.0222. The van der Waals surface area contributed by atoms with Crippen molar-refractivity contribution in [2.24, 2.45) is 0 Å². The van der Waals surface area contributed by atoms with Crippen molar-refractivity contribution in [2.75, 3.05) is 39.6 Å². The molecular weight excluding hydrogens is 910 g/mol. The van der Waals surface area contributed by atoms with Crippen LogP contribution in [0, 0.1) is 0 Å². The zero-order valence-corrected chi connectivity index (χ0v) is 43.6. The van der Waals surface area contributed by atoms with Crippen LogP contribution in [0.3, 0.4) is 0 Å². The summed E-state index contributed by atoms with van der Waals surface area (Å²) >= 11 is 0. The molecule has 0 fully saturated rings. The summed E-state index contributed by atoms with van der Waals surface area (Å²) < 4.78 is 66.7. The number of carbonyl (C=O) groups excluding carboxylic acids is 4. The summed E-state index contributed by atoms with van der Waals surface area (Å²) in [4.78, 5) is 70.6. The summed E-state index contributed by atoms with van der Waals surface area (Å²) in [6, 6.07) is 0. The minimum Gasteiger partial charge on any atom is -0.462 e. The third-order valence-electron chi connectivity index (χ3n) is 10.9. The number of rotatable bonds is 49. The van der Waals surface area contributed by atoms with E-state index in [4.69, 9.17) is 37.0 Å². The van der Waals surface area contributed by atoms with Gasteiger partial charge in [0.05, 0.1) is 26.4 Å². The van der Waals surface area contributed by atoms with Gasteiger partial charge in [-0.25, -0.2) is 9.13 Å². The van der Waals surface area contributed by atoms with Gasteiger partial charge in [0.2, 0.25) is 0 Å². The van der Waals surface area contributed by atoms with Crippen molar-refractivity contribution < 1.29 is 80.2 Å². The van der Waals surface area contributed by atoms with Crippen LogP contribution in [0.4, 0.5) is 0 Å². The highest BCUT2D eigenvalue weighted by Gasteiger charge is 2.30. The lowest BCUT2D eigenvalue weighted by atomic mass is 10.0. The number of aliphatic hydroxyl groups excluding tert-OH is 1. The molecule has 19 heteroatoms. The molecule has 0 saturated heterocycles. The van der Waals surface area contributed by atoms with Gasteiger partial charge in [-0.1, -0.05) is 175 Å². The minimum absolute atomic E-state index is 0.0984. The van der Waals surface area contributed by atoms with E-state index in [1.807, 2.05) is 6.92 Å². The van der Waals surface area contributed by atoms with Gasteiger partial charge in [0.25, 0.3) is 0 Å². The standard InChI is InChI=1S/C48H92O17P2/c1-5-9-13-17-19-20-21-22-23-24-27-31-35-48(53)65-44(39-59-46(51)33-29-26-18-14-10-6-2)41-63-67(56,57)61-37-42(49)36-60-66(54,55)62-40-43(38-58-45(50)32-28-16-12-8-4)64-47(52)34-30-25-15-11-7-3/h42-44,49H,5-41H2,1-4H3,(H,54,55)(H,56,57)/t42-,43+,44+/m0/s1. The Morgan fingerprint density at radius 3 is 0.896 bits per heavy atom. The van der Waals surface area contributed by atoms with Crippen LogP contribution in [-0.2, 0) is 65.4 Å². The molecule has 0 aliphatic rings. The van der Waals surface area contributed by atoms with Crippen molar-refractivity contribution >= 4 is 39.5 Å². The van der Waals surface area contributed by atoms with E-state index in [0.29, 0.717) is 25.7 Å². The van der Waals surface area contributed by atoms with E-state index >= 15 is 0 Å². The Kier molecular flexibility index (Phi) is 42.8. The first-order valence-corrected chi connectivity index (χ1v) is 28.8. The molecule has 0 radical (unpaired) electrons. The summed E-state index contributed by atoms with van der Waals surface area (Å²) in [5.41, 5.74) is 0. The summed E-state index contributed by atoms with van der Waals surface area (Å²) in [5, 5.41) is 10.4. The fourth-order valence-corrected chi connectivity index (χ4v) is 8.38. The molecule has 5 atom stereocenters. The molecule has 0 spiro atoms. The molecule has 0 bridgehead atoms. The number of unbranched alkanes of at least 4 members (excludes halogenated alkanes) is 23. The zero-order chi connectivity index (χ0) is 49.9. The predicted molar refractivity (Wildman–Crippen MR) is 257 cm³/mol. The zero-order valence-electron chi connectivity index (χ0n) is 41.8. The maximum atomic E-state index is 12.8. The molecule has 0 aromatic rings. The number of carbonyl (C=O) groups is 4. The largest absolute Gasteiger partial charge is 0.472 e. The summed E-state index contributed by atoms with van der Waals surface area (Å²) in [6.45, 7) is 4.49. The normalized spacial score (nSPS) is 14.7. The molecule has 0 aromatic carbocycles. The highest BCUT2D eigenvalue weighted by molar-refractivity contribution is 7.47. The molecule has 0 saturated carbocycles. The van der Waals surface area contributed by atoms with E-state index < -0.39 is 97.5 Å². The molecule has 2 unspecified atom stereocenters. The lowest BCUT2D eigenvalue weighted by Crippen LogP contribution is -2.30. The van der Waals surface area contributed by atoms with Gasteiger partial charge >= 0.3 is 39.5 Å². The number of esters is 4. The first kappa shape index (κ1) is 65.1. The van der Waals surface area contributed by atoms with Crippen LogP contribution in [0.1, 0.15) is 227 Å². The minimum atomic E-state index is -4.92. The molecule has 3 N–H and O–H groups in total. The SMILES string of the molecule is CCCCCCCCCCCCCCC(=O)O[C@H](COC(=O)CCCCCCCC)COP(=O)(O)OC[C@@H](O)COP(=O)(O)OC[C@@H](COC(=O)CCCCCC)OC(=O)CCCCCCC. The smallest absolute Gasteiger partial charge is 0.462 e. The van der Waals surface area contributed by atoms with Gasteiger partial charge in [-0.05, 0) is 25.7 Å². The van der Waals surface area contributed by atoms with Crippen molar-refractivity contribution in [1.29, 1.82) is 0 Å². The molecule has 0 amide bonds. The summed E-state index contributed by atoms with van der Waals surface area (Å²) in [5.74, 6) is -2.19. The molecule has 67 heavy (non-hydrogen) atoms. The molecule has 396 valence electrons. The van der Waals surface area contributed by atoms with Gasteiger partial charge in [-0.2, -0.15) is 0 Å². The molecule has 0 rings (SSSR count). The Hall–Kier alpha value is -1.94.